The maximum atomic E-state index is 13.1. The summed E-state index contributed by atoms with van der Waals surface area (Å²) in [6.07, 6.45) is 0.245. The molecule has 2 heterocycles. The van der Waals surface area contributed by atoms with Gasteiger partial charge in [-0.25, -0.2) is 0 Å². The molecule has 0 bridgehead atoms. The number of benzene rings is 2. The molecule has 0 N–H and O–H groups in total. The molecule has 154 valence electrons. The molecule has 0 aliphatic carbocycles. The fourth-order valence-electron chi connectivity index (χ4n) is 3.92. The Labute approximate surface area is 180 Å². The second kappa shape index (κ2) is 8.82. The van der Waals surface area contributed by atoms with Crippen molar-refractivity contribution >= 4 is 17.7 Å². The molecule has 0 saturated carbocycles. The van der Waals surface area contributed by atoms with Gasteiger partial charge in [-0.05, 0) is 11.6 Å². The van der Waals surface area contributed by atoms with E-state index in [0.29, 0.717) is 23.7 Å². The summed E-state index contributed by atoms with van der Waals surface area (Å²) in [5.41, 5.74) is 2.67. The number of rotatable bonds is 5. The van der Waals surface area contributed by atoms with E-state index < -0.39 is 0 Å². The van der Waals surface area contributed by atoms with Crippen LogP contribution in [0.3, 0.4) is 0 Å². The highest BCUT2D eigenvalue weighted by atomic mass is 32.2. The number of carbonyl (C=O) groups is 1. The van der Waals surface area contributed by atoms with Crippen LogP contribution in [0.15, 0.2) is 59.1 Å². The van der Waals surface area contributed by atoms with Gasteiger partial charge in [0.05, 0.1) is 43.4 Å². The Morgan fingerprint density at radius 1 is 1.17 bits per heavy atom. The molecule has 2 aromatic carbocycles. The zero-order valence-electron chi connectivity index (χ0n) is 17.0. The van der Waals surface area contributed by atoms with Gasteiger partial charge in [-0.15, -0.1) is 0 Å². The second-order valence-electron chi connectivity index (χ2n) is 7.25. The molecule has 1 saturated heterocycles. The Morgan fingerprint density at radius 3 is 2.67 bits per heavy atom. The summed E-state index contributed by atoms with van der Waals surface area (Å²) in [6, 6.07) is 18.1. The zero-order valence-corrected chi connectivity index (χ0v) is 17.8. The Bertz CT molecular complexity index is 1020. The summed E-state index contributed by atoms with van der Waals surface area (Å²) in [7, 11) is 3.18. The predicted octanol–water partition coefficient (Wildman–Crippen LogP) is 3.92. The highest BCUT2D eigenvalue weighted by Crippen LogP contribution is 2.45. The molecule has 4 rings (SSSR count). The largest absolute Gasteiger partial charge is 0.497 e. The van der Waals surface area contributed by atoms with Crippen LogP contribution in [0.4, 0.5) is 0 Å². The Morgan fingerprint density at radius 2 is 1.97 bits per heavy atom. The van der Waals surface area contributed by atoms with Crippen molar-refractivity contribution in [2.24, 2.45) is 0 Å². The first-order valence-corrected chi connectivity index (χ1v) is 10.7. The summed E-state index contributed by atoms with van der Waals surface area (Å²) in [5, 5.41) is 10.7. The quantitative estimate of drug-likeness (QED) is 0.729. The SMILES string of the molecule is COc1ccc(C2CC(=O)N3CN(Cc4ccccc4)CSC3=C2C#N)c(OC)c1. The summed E-state index contributed by atoms with van der Waals surface area (Å²) in [6.45, 7) is 1.26. The first-order chi connectivity index (χ1) is 14.6. The van der Waals surface area contributed by atoms with Crippen LogP contribution < -0.4 is 9.47 Å². The van der Waals surface area contributed by atoms with E-state index >= 15 is 0 Å². The summed E-state index contributed by atoms with van der Waals surface area (Å²) in [5.74, 6) is 1.74. The normalized spacial score (nSPS) is 19.3. The average molecular weight is 422 g/mol. The zero-order chi connectivity index (χ0) is 21.1. The van der Waals surface area contributed by atoms with Gasteiger partial charge in [-0.1, -0.05) is 48.2 Å². The standard InChI is InChI=1S/C23H23N3O3S/c1-28-17-8-9-18(21(10-17)29-2)19-11-22(27)26-14-25(13-16-6-4-3-5-7-16)15-30-23(26)20(19)12-24/h3-10,19H,11,13-15H2,1-2H3. The number of hydrogen-bond donors (Lipinski definition) is 0. The third kappa shape index (κ3) is 3.89. The van der Waals surface area contributed by atoms with Crippen LogP contribution in [-0.2, 0) is 11.3 Å². The van der Waals surface area contributed by atoms with Crippen molar-refractivity contribution in [1.82, 2.24) is 9.80 Å². The third-order valence-electron chi connectivity index (χ3n) is 5.41. The van der Waals surface area contributed by atoms with E-state index in [4.69, 9.17) is 9.47 Å². The summed E-state index contributed by atoms with van der Waals surface area (Å²) in [4.78, 5) is 17.0. The highest BCUT2D eigenvalue weighted by molar-refractivity contribution is 8.03. The third-order valence-corrected chi connectivity index (χ3v) is 6.62. The number of allylic oxidation sites excluding steroid dienone is 1. The number of amides is 1. The van der Waals surface area contributed by atoms with Gasteiger partial charge in [0, 0.05) is 30.5 Å². The predicted molar refractivity (Wildman–Crippen MR) is 116 cm³/mol. The van der Waals surface area contributed by atoms with Crippen LogP contribution in [0, 0.1) is 11.3 Å². The molecule has 6 nitrogen and oxygen atoms in total. The molecular weight excluding hydrogens is 398 g/mol. The lowest BCUT2D eigenvalue weighted by Gasteiger charge is -2.41. The first kappa shape index (κ1) is 20.3. The molecule has 1 amide bonds. The molecule has 1 fully saturated rings. The number of nitriles is 1. The van der Waals surface area contributed by atoms with Crippen molar-refractivity contribution < 1.29 is 14.3 Å². The van der Waals surface area contributed by atoms with E-state index in [1.807, 2.05) is 30.3 Å². The lowest BCUT2D eigenvalue weighted by molar-refractivity contribution is -0.131. The van der Waals surface area contributed by atoms with Crippen molar-refractivity contribution in [1.29, 1.82) is 5.26 Å². The average Bonchev–Trinajstić information content (AvgIpc) is 2.79. The molecule has 1 atom stereocenters. The number of hydrogen-bond acceptors (Lipinski definition) is 6. The van der Waals surface area contributed by atoms with Gasteiger partial charge in [-0.3, -0.25) is 14.6 Å². The molecule has 2 aliphatic rings. The fourth-order valence-corrected chi connectivity index (χ4v) is 5.06. The van der Waals surface area contributed by atoms with Crippen molar-refractivity contribution in [2.75, 3.05) is 26.8 Å². The van der Waals surface area contributed by atoms with Crippen LogP contribution in [0.2, 0.25) is 0 Å². The molecule has 0 spiro atoms. The minimum Gasteiger partial charge on any atom is -0.497 e. The number of carbonyl (C=O) groups excluding carboxylic acids is 1. The lowest BCUT2D eigenvalue weighted by Crippen LogP contribution is -2.46. The number of nitrogens with zero attached hydrogens (tertiary/aromatic N) is 3. The Kier molecular flexibility index (Phi) is 5.98. The second-order valence-corrected chi connectivity index (χ2v) is 8.18. The molecule has 0 aromatic heterocycles. The van der Waals surface area contributed by atoms with Crippen molar-refractivity contribution in [3.8, 4) is 17.6 Å². The summed E-state index contributed by atoms with van der Waals surface area (Å²) < 4.78 is 10.8. The molecule has 2 aliphatic heterocycles. The smallest absolute Gasteiger partial charge is 0.229 e. The van der Waals surface area contributed by atoms with E-state index in [2.05, 4.69) is 23.1 Å². The highest BCUT2D eigenvalue weighted by Gasteiger charge is 2.39. The van der Waals surface area contributed by atoms with Crippen molar-refractivity contribution in [2.45, 2.75) is 18.9 Å². The van der Waals surface area contributed by atoms with Crippen LogP contribution in [0.5, 0.6) is 11.5 Å². The van der Waals surface area contributed by atoms with E-state index in [-0.39, 0.29) is 18.2 Å². The molecular formula is C23H23N3O3S. The fraction of sp³-hybridized carbons (Fsp3) is 0.304. The van der Waals surface area contributed by atoms with Crippen LogP contribution in [0.1, 0.15) is 23.5 Å². The van der Waals surface area contributed by atoms with Crippen LogP contribution in [0.25, 0.3) is 0 Å². The molecule has 1 unspecified atom stereocenters. The van der Waals surface area contributed by atoms with E-state index in [1.165, 1.54) is 5.56 Å². The number of ether oxygens (including phenoxy) is 2. The monoisotopic (exact) mass is 421 g/mol. The van der Waals surface area contributed by atoms with Crippen LogP contribution in [-0.4, -0.2) is 42.5 Å². The summed E-state index contributed by atoms with van der Waals surface area (Å²) >= 11 is 1.55. The molecule has 0 radical (unpaired) electrons. The van der Waals surface area contributed by atoms with Crippen LogP contribution >= 0.6 is 11.8 Å². The van der Waals surface area contributed by atoms with E-state index in [9.17, 15) is 10.1 Å². The van der Waals surface area contributed by atoms with E-state index in [0.717, 1.165) is 23.0 Å². The number of methoxy groups -OCH3 is 2. The topological polar surface area (TPSA) is 65.8 Å². The minimum atomic E-state index is -0.317. The van der Waals surface area contributed by atoms with Gasteiger partial charge < -0.3 is 9.47 Å². The Hall–Kier alpha value is -2.95. The van der Waals surface area contributed by atoms with Crippen molar-refractivity contribution in [3.05, 3.63) is 70.3 Å². The number of thioether (sulfide) groups is 1. The maximum absolute atomic E-state index is 13.1. The van der Waals surface area contributed by atoms with Gasteiger partial charge in [-0.2, -0.15) is 5.26 Å². The van der Waals surface area contributed by atoms with Gasteiger partial charge in [0.15, 0.2) is 0 Å². The lowest BCUT2D eigenvalue weighted by atomic mass is 9.86. The van der Waals surface area contributed by atoms with Gasteiger partial charge in [0.1, 0.15) is 11.5 Å². The van der Waals surface area contributed by atoms with Gasteiger partial charge in [0.25, 0.3) is 0 Å². The van der Waals surface area contributed by atoms with Gasteiger partial charge in [0.2, 0.25) is 5.91 Å². The number of fused-ring (bicyclic) bond motifs is 1. The Balaban J connectivity index is 1.63. The molecule has 2 aromatic rings. The molecule has 7 heteroatoms. The van der Waals surface area contributed by atoms with Crippen molar-refractivity contribution in [3.63, 3.8) is 0 Å². The maximum Gasteiger partial charge on any atom is 0.229 e. The van der Waals surface area contributed by atoms with Gasteiger partial charge >= 0.3 is 0 Å². The molecule has 30 heavy (non-hydrogen) atoms. The van der Waals surface area contributed by atoms with E-state index in [1.54, 1.807) is 36.9 Å². The minimum absolute atomic E-state index is 0.0251. The first-order valence-electron chi connectivity index (χ1n) is 9.70.